The van der Waals surface area contributed by atoms with Crippen LogP contribution in [0.15, 0.2) is 0 Å². The minimum Gasteiger partial charge on any atom is -0.462 e. The summed E-state index contributed by atoms with van der Waals surface area (Å²) in [7, 11) is 0. The van der Waals surface area contributed by atoms with Gasteiger partial charge in [-0.15, -0.1) is 0 Å². The Morgan fingerprint density at radius 1 is 1.10 bits per heavy atom. The topological polar surface area (TPSA) is 102 Å². The van der Waals surface area contributed by atoms with Crippen LogP contribution in [0.3, 0.4) is 0 Å². The number of nitrogens with zero attached hydrogens (tertiary/aromatic N) is 1. The van der Waals surface area contributed by atoms with E-state index in [1.165, 1.54) is 0 Å². The molecule has 0 radical (unpaired) electrons. The quantitative estimate of drug-likeness (QED) is 0.381. The predicted octanol–water partition coefficient (Wildman–Crippen LogP) is 0.456. The van der Waals surface area contributed by atoms with Crippen LogP contribution in [0.5, 0.6) is 0 Å². The molecule has 0 saturated heterocycles. The zero-order valence-corrected chi connectivity index (χ0v) is 13.6. The van der Waals surface area contributed by atoms with Gasteiger partial charge in [-0.05, 0) is 25.7 Å². The van der Waals surface area contributed by atoms with Gasteiger partial charge >= 0.3 is 11.9 Å². The summed E-state index contributed by atoms with van der Waals surface area (Å²) in [5.41, 5.74) is -0.576. The lowest BCUT2D eigenvalue weighted by Crippen LogP contribution is -2.43. The fraction of sp³-hybridized carbons (Fsp3) is 0.857. The Labute approximate surface area is 126 Å². The number of carbonyl (C=O) groups excluding carboxylic acids is 2. The van der Waals surface area contributed by atoms with Gasteiger partial charge in [0.2, 0.25) is 0 Å². The first-order valence-electron chi connectivity index (χ1n) is 6.93. The average molecular weight is 304 g/mol. The van der Waals surface area contributed by atoms with Crippen LogP contribution in [-0.2, 0) is 19.1 Å². The van der Waals surface area contributed by atoms with Crippen LogP contribution in [-0.4, -0.2) is 54.0 Å². The predicted molar refractivity (Wildman–Crippen MR) is 78.0 cm³/mol. The summed E-state index contributed by atoms with van der Waals surface area (Å²) >= 11 is 0. The molecule has 7 heteroatoms. The molecule has 0 aliphatic rings. The highest BCUT2D eigenvalue weighted by atomic mass is 16.6. The van der Waals surface area contributed by atoms with E-state index in [4.69, 9.17) is 15.7 Å². The van der Waals surface area contributed by atoms with Gasteiger partial charge in [0.15, 0.2) is 0 Å². The van der Waals surface area contributed by atoms with Crippen LogP contribution in [0.2, 0.25) is 0 Å². The Morgan fingerprint density at radius 2 is 1.62 bits per heavy atom. The molecule has 21 heavy (non-hydrogen) atoms. The van der Waals surface area contributed by atoms with Gasteiger partial charge in [0, 0.05) is 0 Å². The van der Waals surface area contributed by atoms with Crippen LogP contribution in [0, 0.1) is 5.41 Å². The third-order valence-corrected chi connectivity index (χ3v) is 2.36. The van der Waals surface area contributed by atoms with Gasteiger partial charge in [0.25, 0.3) is 0 Å². The molecular formula is C14H28N2O5. The second kappa shape index (κ2) is 8.31. The monoisotopic (exact) mass is 304 g/mol. The van der Waals surface area contributed by atoms with Gasteiger partial charge < -0.3 is 14.6 Å². The van der Waals surface area contributed by atoms with Crippen molar-refractivity contribution in [1.82, 2.24) is 5.01 Å². The van der Waals surface area contributed by atoms with Gasteiger partial charge in [-0.3, -0.25) is 15.4 Å². The molecule has 0 amide bonds. The molecular weight excluding hydrogens is 276 g/mol. The number of rotatable bonds is 8. The Morgan fingerprint density at radius 3 is 2.10 bits per heavy atom. The lowest BCUT2D eigenvalue weighted by atomic mass is 9.84. The summed E-state index contributed by atoms with van der Waals surface area (Å²) in [6.45, 7) is 9.09. The van der Waals surface area contributed by atoms with E-state index in [1.54, 1.807) is 0 Å². The molecule has 3 N–H and O–H groups in total. The van der Waals surface area contributed by atoms with Crippen LogP contribution < -0.4 is 5.84 Å². The maximum Gasteiger partial charge on any atom is 0.322 e. The van der Waals surface area contributed by atoms with E-state index in [-0.39, 0.29) is 31.7 Å². The van der Waals surface area contributed by atoms with Crippen LogP contribution >= 0.6 is 0 Å². The van der Waals surface area contributed by atoms with E-state index in [1.807, 2.05) is 13.8 Å². The van der Waals surface area contributed by atoms with E-state index >= 15 is 0 Å². The van der Waals surface area contributed by atoms with E-state index in [2.05, 4.69) is 25.5 Å². The number of ether oxygens (including phenoxy) is 2. The Hall–Kier alpha value is -1.18. The fourth-order valence-electron chi connectivity index (χ4n) is 2.25. The normalized spacial score (nSPS) is 12.4. The van der Waals surface area contributed by atoms with E-state index in [0.29, 0.717) is 6.42 Å². The minimum absolute atomic E-state index is 0.0281. The minimum atomic E-state index is -0.604. The van der Waals surface area contributed by atoms with E-state index < -0.39 is 17.5 Å². The van der Waals surface area contributed by atoms with Crippen molar-refractivity contribution in [2.75, 3.05) is 26.3 Å². The van der Waals surface area contributed by atoms with Gasteiger partial charge in [-0.25, -0.2) is 5.01 Å². The molecule has 0 bridgehead atoms. The van der Waals surface area contributed by atoms with E-state index in [0.717, 1.165) is 5.01 Å². The maximum atomic E-state index is 11.8. The van der Waals surface area contributed by atoms with Gasteiger partial charge in [-0.2, -0.15) is 0 Å². The molecule has 0 saturated carbocycles. The Bertz CT molecular complexity index is 350. The molecule has 0 aromatic rings. The van der Waals surface area contributed by atoms with Crippen molar-refractivity contribution in [2.45, 2.75) is 46.6 Å². The van der Waals surface area contributed by atoms with Crippen molar-refractivity contribution in [1.29, 1.82) is 0 Å². The second-order valence-corrected chi connectivity index (χ2v) is 6.82. The van der Waals surface area contributed by atoms with Crippen molar-refractivity contribution in [2.24, 2.45) is 11.3 Å². The summed E-state index contributed by atoms with van der Waals surface area (Å²) in [4.78, 5) is 23.1. The van der Waals surface area contributed by atoms with Crippen molar-refractivity contribution < 1.29 is 24.2 Å². The number of hydrogen-bond acceptors (Lipinski definition) is 7. The highest BCUT2D eigenvalue weighted by Gasteiger charge is 2.29. The average Bonchev–Trinajstić information content (AvgIpc) is 2.20. The number of aliphatic hydroxyl groups is 1. The largest absolute Gasteiger partial charge is 0.462 e. The third kappa shape index (κ3) is 11.2. The molecule has 0 rings (SSSR count). The molecule has 7 nitrogen and oxygen atoms in total. The summed E-state index contributed by atoms with van der Waals surface area (Å²) in [6, 6.07) is 0. The molecule has 0 unspecified atom stereocenters. The summed E-state index contributed by atoms with van der Waals surface area (Å²) in [5, 5.41) is 9.54. The van der Waals surface area contributed by atoms with Crippen molar-refractivity contribution in [3.05, 3.63) is 0 Å². The third-order valence-electron chi connectivity index (χ3n) is 2.36. The number of carbonyl (C=O) groups is 2. The molecule has 0 aliphatic heterocycles. The molecule has 0 aromatic carbocycles. The number of esters is 2. The first-order chi connectivity index (χ1) is 9.45. The smallest absolute Gasteiger partial charge is 0.322 e. The zero-order chi connectivity index (χ0) is 16.7. The molecule has 0 atom stereocenters. The van der Waals surface area contributed by atoms with Crippen molar-refractivity contribution >= 4 is 11.9 Å². The van der Waals surface area contributed by atoms with Gasteiger partial charge in [0.05, 0.1) is 6.61 Å². The number of aliphatic hydroxyl groups excluding tert-OH is 1. The molecule has 0 fully saturated rings. The van der Waals surface area contributed by atoms with Gasteiger partial charge in [0.1, 0.15) is 25.3 Å². The molecule has 124 valence electrons. The standard InChI is InChI=1S/C14H28N2O5/c1-13(2,3)10-14(4,5)21-12(19)9-16(15)8-11(18)20-7-6-17/h17H,6-10,15H2,1-5H3. The van der Waals surface area contributed by atoms with E-state index in [9.17, 15) is 9.59 Å². The highest BCUT2D eigenvalue weighted by Crippen LogP contribution is 2.29. The lowest BCUT2D eigenvalue weighted by Gasteiger charge is -2.32. The van der Waals surface area contributed by atoms with Gasteiger partial charge in [-0.1, -0.05) is 20.8 Å². The van der Waals surface area contributed by atoms with Crippen molar-refractivity contribution in [3.63, 3.8) is 0 Å². The Kier molecular flexibility index (Phi) is 7.84. The molecule has 0 aromatic heterocycles. The molecule has 0 aliphatic carbocycles. The van der Waals surface area contributed by atoms with Crippen LogP contribution in [0.25, 0.3) is 0 Å². The number of hydrazine groups is 1. The van der Waals surface area contributed by atoms with Crippen LogP contribution in [0.1, 0.15) is 41.0 Å². The maximum absolute atomic E-state index is 11.8. The first-order valence-corrected chi connectivity index (χ1v) is 6.93. The highest BCUT2D eigenvalue weighted by molar-refractivity contribution is 5.75. The summed E-state index contributed by atoms with van der Waals surface area (Å²) < 4.78 is 10.0. The van der Waals surface area contributed by atoms with Crippen LogP contribution in [0.4, 0.5) is 0 Å². The summed E-state index contributed by atoms with van der Waals surface area (Å²) in [5.74, 6) is 4.46. The lowest BCUT2D eigenvalue weighted by molar-refractivity contribution is -0.161. The molecule has 0 spiro atoms. The summed E-state index contributed by atoms with van der Waals surface area (Å²) in [6.07, 6.45) is 0.703. The number of nitrogens with two attached hydrogens (primary N) is 1. The van der Waals surface area contributed by atoms with Crippen molar-refractivity contribution in [3.8, 4) is 0 Å². The Balaban J connectivity index is 4.21. The fourth-order valence-corrected chi connectivity index (χ4v) is 2.25. The SMILES string of the molecule is CC(C)(C)CC(C)(C)OC(=O)CN(N)CC(=O)OCCO. The number of hydrogen-bond donors (Lipinski definition) is 2. The second-order valence-electron chi connectivity index (χ2n) is 6.82. The first kappa shape index (κ1) is 19.8. The molecule has 0 heterocycles. The zero-order valence-electron chi connectivity index (χ0n) is 13.6.